The molecule has 3 atom stereocenters. The Morgan fingerprint density at radius 2 is 1.14 bits per heavy atom. The van der Waals surface area contributed by atoms with Crippen molar-refractivity contribution in [2.45, 2.75) is 98.6 Å². The Balaban J connectivity index is 0.000000128. The number of hydrogen-bond donors (Lipinski definition) is 8. The number of amides is 1. The van der Waals surface area contributed by atoms with Crippen LogP contribution in [0.15, 0.2) is 141 Å². The Hall–Kier alpha value is -12.4. The number of halogens is 4. The van der Waals surface area contributed by atoms with Crippen LogP contribution in [0.4, 0.5) is 34.8 Å². The fourth-order valence-corrected chi connectivity index (χ4v) is 16.3. The summed E-state index contributed by atoms with van der Waals surface area (Å²) >= 11 is 0. The average Bonchev–Trinajstić information content (AvgIpc) is 1.45. The summed E-state index contributed by atoms with van der Waals surface area (Å²) in [4.78, 5) is 129. The molecule has 32 heteroatoms. The molecule has 1 unspecified atom stereocenters. The molecule has 4 aromatic carbocycles. The number of anilines is 3. The van der Waals surface area contributed by atoms with Crippen molar-refractivity contribution < 1.29 is 62.0 Å². The zero-order valence-electron chi connectivity index (χ0n) is 66.4. The molecule has 618 valence electrons. The summed E-state index contributed by atoms with van der Waals surface area (Å²) in [7, 11) is 2.15. The van der Waals surface area contributed by atoms with Crippen LogP contribution < -0.4 is 52.4 Å². The lowest BCUT2D eigenvalue weighted by Gasteiger charge is -2.40. The third-order valence-electron chi connectivity index (χ3n) is 22.5. The summed E-state index contributed by atoms with van der Waals surface area (Å²) in [6, 6.07) is 21.2. The minimum atomic E-state index is -1.42. The predicted octanol–water partition coefficient (Wildman–Crippen LogP) is 9.73. The third-order valence-corrected chi connectivity index (χ3v) is 22.5. The monoisotopic (exact) mass is 1620 g/mol. The van der Waals surface area contributed by atoms with Gasteiger partial charge in [0.05, 0.1) is 38.9 Å². The molecule has 0 radical (unpaired) electrons. The Kier molecular flexibility index (Phi) is 25.2. The van der Waals surface area contributed by atoms with Gasteiger partial charge in [-0.1, -0.05) is 24.3 Å². The lowest BCUT2D eigenvalue weighted by atomic mass is 9.79. The molecule has 2 aliphatic carbocycles. The number of likely N-dealkylation sites (N-methyl/N-ethyl adjacent to an activating group) is 1. The van der Waals surface area contributed by atoms with E-state index in [9.17, 15) is 61.4 Å². The first-order valence-corrected chi connectivity index (χ1v) is 39.6. The van der Waals surface area contributed by atoms with Gasteiger partial charge >= 0.3 is 23.9 Å². The Morgan fingerprint density at radius 1 is 0.576 bits per heavy atom. The Bertz CT molecular complexity index is 6050. The molecule has 28 nitrogen and oxygen atoms in total. The van der Waals surface area contributed by atoms with E-state index in [1.54, 1.807) is 45.5 Å². The first-order chi connectivity index (χ1) is 56.7. The van der Waals surface area contributed by atoms with Crippen LogP contribution in [0.2, 0.25) is 0 Å². The number of carboxylic acid groups (broad SMARTS) is 4. The van der Waals surface area contributed by atoms with Crippen molar-refractivity contribution in [3.05, 3.63) is 220 Å². The van der Waals surface area contributed by atoms with Gasteiger partial charge in [0.1, 0.15) is 45.2 Å². The quantitative estimate of drug-likeness (QED) is 0.0442. The number of nitrogens with one attached hydrogen (secondary N) is 4. The summed E-state index contributed by atoms with van der Waals surface area (Å²) < 4.78 is 65.4. The number of aromatic amines is 1. The number of aromatic nitrogens is 7. The lowest BCUT2D eigenvalue weighted by Crippen LogP contribution is -2.49. The van der Waals surface area contributed by atoms with Gasteiger partial charge in [0, 0.05) is 194 Å². The van der Waals surface area contributed by atoms with Crippen molar-refractivity contribution in [1.29, 1.82) is 0 Å². The number of benzene rings is 4. The number of piperazine rings is 3. The van der Waals surface area contributed by atoms with Gasteiger partial charge in [-0.15, -0.1) is 0 Å². The molecule has 7 aromatic heterocycles. The molecule has 3 saturated heterocycles. The predicted molar refractivity (Wildman–Crippen MR) is 444 cm³/mol. The van der Waals surface area contributed by atoms with Crippen LogP contribution >= 0.6 is 0 Å². The maximum absolute atomic E-state index is 15.2. The molecule has 1 amide bonds. The molecule has 4 aliphatic heterocycles. The van der Waals surface area contributed by atoms with Gasteiger partial charge in [-0.3, -0.25) is 33.9 Å². The topological polar surface area (TPSA) is 348 Å². The van der Waals surface area contributed by atoms with Gasteiger partial charge in [-0.25, -0.2) is 41.7 Å². The number of rotatable bonds is 15. The van der Waals surface area contributed by atoms with Crippen LogP contribution in [-0.2, 0) is 30.8 Å². The molecule has 8 N–H and O–H groups in total. The Morgan fingerprint density at radius 3 is 1.75 bits per heavy atom. The van der Waals surface area contributed by atoms with Crippen LogP contribution in [-0.4, -0.2) is 204 Å². The van der Waals surface area contributed by atoms with Crippen LogP contribution in [0.25, 0.3) is 71.3 Å². The summed E-state index contributed by atoms with van der Waals surface area (Å²) in [6.07, 6.45) is 15.9. The minimum Gasteiger partial charge on any atom is -0.477 e. The highest BCUT2D eigenvalue weighted by Gasteiger charge is 2.38. The van der Waals surface area contributed by atoms with Crippen LogP contribution in [0.3, 0.4) is 0 Å². The van der Waals surface area contributed by atoms with Gasteiger partial charge in [0.25, 0.3) is 0 Å². The normalized spacial score (nSPS) is 17.1. The smallest absolute Gasteiger partial charge is 0.341 e. The molecule has 1 saturated carbocycles. The first-order valence-electron chi connectivity index (χ1n) is 39.6. The zero-order chi connectivity index (χ0) is 84.2. The van der Waals surface area contributed by atoms with Gasteiger partial charge in [0.2, 0.25) is 27.6 Å². The number of carbonyl (C=O) groups excluding carboxylic acids is 1. The number of fused-ring (bicyclic) bond motifs is 6. The van der Waals surface area contributed by atoms with E-state index in [0.29, 0.717) is 87.2 Å². The maximum atomic E-state index is 15.2. The highest BCUT2D eigenvalue weighted by molar-refractivity contribution is 6.01. The number of carboxylic acids is 4. The highest BCUT2D eigenvalue weighted by atomic mass is 19.1. The molecule has 6 aliphatic rings. The van der Waals surface area contributed by atoms with Gasteiger partial charge < -0.3 is 79.2 Å². The van der Waals surface area contributed by atoms with E-state index in [4.69, 9.17) is 15.3 Å². The second-order valence-corrected chi connectivity index (χ2v) is 29.8. The van der Waals surface area contributed by atoms with Crippen molar-refractivity contribution in [2.75, 3.05) is 113 Å². The first kappa shape index (κ1) is 83.6. The highest BCUT2D eigenvalue weighted by Crippen LogP contribution is 2.42. The van der Waals surface area contributed by atoms with Crippen molar-refractivity contribution in [3.63, 3.8) is 0 Å². The van der Waals surface area contributed by atoms with Gasteiger partial charge in [-0.05, 0) is 150 Å². The van der Waals surface area contributed by atoms with Crippen LogP contribution in [0.5, 0.6) is 0 Å². The fraction of sp³-hybridized carbons (Fsp3) is 0.360. The average molecular weight is 1620 g/mol. The van der Waals surface area contributed by atoms with E-state index in [2.05, 4.69) is 87.2 Å². The van der Waals surface area contributed by atoms with Crippen molar-refractivity contribution in [1.82, 2.24) is 59.0 Å². The summed E-state index contributed by atoms with van der Waals surface area (Å²) in [5, 5.41) is 47.9. The minimum absolute atomic E-state index is 0.0110. The van der Waals surface area contributed by atoms with Crippen molar-refractivity contribution in [3.8, 4) is 11.1 Å². The van der Waals surface area contributed by atoms with Crippen molar-refractivity contribution in [2.24, 2.45) is 5.92 Å². The van der Waals surface area contributed by atoms with Crippen LogP contribution in [0.1, 0.15) is 113 Å². The second-order valence-electron chi connectivity index (χ2n) is 29.8. The molecule has 0 bridgehead atoms. The molecule has 0 spiro atoms. The molecule has 17 rings (SSSR count). The molecule has 11 aromatic rings. The number of aryl methyl sites for hydroxylation is 3. The molecular formula is C86H93F4N15O13. The molecule has 118 heavy (non-hydrogen) atoms. The SMILES string of the molecule is CCN(CC)C(=O)[C@@H]1C=C2c3cccc4[nH]cc(c34)C[C@H]2N(C)C1.CCn1cc(C(=O)O)c(=O)c2cc(F)c(N3CCNC(C)C3)c(F)c21.CCn1cc(C(=O)O)c(=O)c2cc(F)c(N3CCNCC3)nc21.CCn1cc(C(=O)O)c(=O)c2ccc(-c3ccncc3)cc21.O=C(O)c1cn(C2CC2)c2cc(N3CCNCC3)c(F)cc2c1=O. The number of carbonyl (C=O) groups is 5. The maximum Gasteiger partial charge on any atom is 0.341 e. The number of H-pyrrole nitrogens is 1. The molecule has 4 fully saturated rings. The van der Waals surface area contributed by atoms with E-state index in [1.807, 2.05) is 64.3 Å². The summed E-state index contributed by atoms with van der Waals surface area (Å²) in [5.74, 6) is -7.60. The van der Waals surface area contributed by atoms with E-state index in [-0.39, 0.29) is 80.3 Å². The zero-order valence-corrected chi connectivity index (χ0v) is 66.4. The van der Waals surface area contributed by atoms with E-state index >= 15 is 4.39 Å². The van der Waals surface area contributed by atoms with Crippen molar-refractivity contribution >= 4 is 107 Å². The van der Waals surface area contributed by atoms with Gasteiger partial charge in [-0.2, -0.15) is 0 Å². The standard InChI is InChI=1S/C20H25N3O.C17H19F2N3O3.C17H18FN3O3.C17H14N2O3.C15H17FN4O3/c1-4-23(5-2)20(24)14-9-16-15-7-6-8-17-19(15)13(11-21-17)10-18(16)22(3)12-14;1-3-21-8-11(17(24)25)16(23)10-6-12(18)15(13(19)14(10)21)22-5-4-20-9(2)7-22;18-13-7-11-14(8-15(13)20-5-3-19-4-6-20)21(10-1-2-10)9-12(16(11)22)17(23)24;1-2-19-10-14(17(21)22)16(20)13-4-3-12(9-15(13)19)11-5-7-18-8-6-11;1-2-19-8-10(15(22)23)12(21)9-7-11(16)14(18-13(9)19)20-5-3-17-4-6-20/h6-9,11,14,18,21H,4-5,10,12H2,1-3H3;6,8-9,20H,3-5,7H2,1-2H3,(H,24,25);7-10,19H,1-6H2,(H,23,24);3-10H,2H2,1H3,(H,21,22);7-8,17H,2-6H2,1H3,(H,22,23)/t14-,18-;;;;/m1..../s1. The fourth-order valence-electron chi connectivity index (χ4n) is 16.3. The second kappa shape index (κ2) is 35.6. The number of pyridine rings is 6. The molecule has 11 heterocycles. The lowest BCUT2D eigenvalue weighted by molar-refractivity contribution is -0.134. The van der Waals surface area contributed by atoms with E-state index in [1.165, 1.54) is 56.8 Å². The third kappa shape index (κ3) is 16.8. The molecular weight excluding hydrogens is 1530 g/mol. The number of nitrogens with zero attached hydrogens (tertiary/aromatic N) is 11. The van der Waals surface area contributed by atoms with E-state index < -0.39 is 74.4 Å². The van der Waals surface area contributed by atoms with Gasteiger partial charge in [0.15, 0.2) is 17.5 Å². The van der Waals surface area contributed by atoms with E-state index in [0.717, 1.165) is 100 Å². The Labute approximate surface area is 673 Å². The van der Waals surface area contributed by atoms with Crippen LogP contribution in [0, 0.1) is 29.2 Å². The summed E-state index contributed by atoms with van der Waals surface area (Å²) in [6.45, 7) is 22.2. The number of aromatic carboxylic acids is 4. The largest absolute Gasteiger partial charge is 0.477 e. The number of hydrogen-bond acceptors (Lipinski definition) is 18. The summed E-state index contributed by atoms with van der Waals surface area (Å²) in [5.41, 5.74) is 4.98.